The van der Waals surface area contributed by atoms with Crippen LogP contribution in [0.1, 0.15) is 48.9 Å². The summed E-state index contributed by atoms with van der Waals surface area (Å²) in [5, 5.41) is 8.71. The van der Waals surface area contributed by atoms with Crippen LogP contribution < -0.4 is 10.5 Å². The van der Waals surface area contributed by atoms with Crippen LogP contribution in [-0.2, 0) is 0 Å². The fraction of sp³-hybridized carbons (Fsp3) is 0.500. The Morgan fingerprint density at radius 3 is 2.47 bits per heavy atom. The standard InChI is InChI=1S/C14H20N2O/c1-9(2)11-8-12(13(16)5-6-15)10(3)7-14(11)17-4/h7-9,13H,5,16H2,1-4H3. The molecular formula is C14H20N2O. The predicted molar refractivity (Wildman–Crippen MR) is 69.0 cm³/mol. The summed E-state index contributed by atoms with van der Waals surface area (Å²) in [5.41, 5.74) is 9.26. The first-order valence-electron chi connectivity index (χ1n) is 5.82. The molecule has 3 nitrogen and oxygen atoms in total. The van der Waals surface area contributed by atoms with E-state index in [1.165, 1.54) is 0 Å². The van der Waals surface area contributed by atoms with Crippen LogP contribution in [0.3, 0.4) is 0 Å². The van der Waals surface area contributed by atoms with Crippen LogP contribution in [0.5, 0.6) is 5.75 Å². The summed E-state index contributed by atoms with van der Waals surface area (Å²) in [6.07, 6.45) is 0.338. The third kappa shape index (κ3) is 2.98. The van der Waals surface area contributed by atoms with Crippen molar-refractivity contribution in [3.8, 4) is 11.8 Å². The van der Waals surface area contributed by atoms with Crippen LogP contribution in [0.4, 0.5) is 0 Å². The highest BCUT2D eigenvalue weighted by Crippen LogP contribution is 2.32. The number of hydrogen-bond donors (Lipinski definition) is 1. The summed E-state index contributed by atoms with van der Waals surface area (Å²) >= 11 is 0. The van der Waals surface area contributed by atoms with Crippen molar-refractivity contribution < 1.29 is 4.74 Å². The minimum absolute atomic E-state index is 0.219. The van der Waals surface area contributed by atoms with Gasteiger partial charge in [0, 0.05) is 6.04 Å². The monoisotopic (exact) mass is 232 g/mol. The van der Waals surface area contributed by atoms with Gasteiger partial charge in [-0.3, -0.25) is 0 Å². The second-order valence-corrected chi connectivity index (χ2v) is 4.57. The fourth-order valence-electron chi connectivity index (χ4n) is 1.95. The van der Waals surface area contributed by atoms with Crippen LogP contribution in [0.2, 0.25) is 0 Å². The van der Waals surface area contributed by atoms with Crippen molar-refractivity contribution in [3.63, 3.8) is 0 Å². The van der Waals surface area contributed by atoms with Gasteiger partial charge < -0.3 is 10.5 Å². The summed E-state index contributed by atoms with van der Waals surface area (Å²) < 4.78 is 5.38. The second kappa shape index (κ2) is 5.70. The van der Waals surface area contributed by atoms with Crippen molar-refractivity contribution in [3.05, 3.63) is 28.8 Å². The molecule has 0 saturated carbocycles. The molecule has 1 unspecified atom stereocenters. The van der Waals surface area contributed by atoms with Gasteiger partial charge in [0.05, 0.1) is 19.6 Å². The molecule has 0 heterocycles. The number of rotatable bonds is 4. The smallest absolute Gasteiger partial charge is 0.122 e. The van der Waals surface area contributed by atoms with E-state index in [1.54, 1.807) is 7.11 Å². The molecule has 92 valence electrons. The highest BCUT2D eigenvalue weighted by Gasteiger charge is 2.15. The number of ether oxygens (including phenoxy) is 1. The summed E-state index contributed by atoms with van der Waals surface area (Å²) in [4.78, 5) is 0. The van der Waals surface area contributed by atoms with Crippen molar-refractivity contribution in [2.24, 2.45) is 5.73 Å². The molecule has 1 rings (SSSR count). The third-order valence-electron chi connectivity index (χ3n) is 2.95. The van der Waals surface area contributed by atoms with Gasteiger partial charge in [0.1, 0.15) is 5.75 Å². The predicted octanol–water partition coefficient (Wildman–Crippen LogP) is 3.04. The van der Waals surface area contributed by atoms with Gasteiger partial charge in [-0.25, -0.2) is 0 Å². The van der Waals surface area contributed by atoms with E-state index in [2.05, 4.69) is 26.0 Å². The Balaban J connectivity index is 3.25. The van der Waals surface area contributed by atoms with E-state index in [0.717, 1.165) is 22.4 Å². The molecule has 0 bridgehead atoms. The van der Waals surface area contributed by atoms with Crippen molar-refractivity contribution >= 4 is 0 Å². The number of hydrogen-bond acceptors (Lipinski definition) is 3. The Bertz CT molecular complexity index is 433. The fourth-order valence-corrected chi connectivity index (χ4v) is 1.95. The first kappa shape index (κ1) is 13.5. The zero-order valence-corrected chi connectivity index (χ0v) is 10.9. The van der Waals surface area contributed by atoms with Gasteiger partial charge in [-0.05, 0) is 41.7 Å². The molecule has 1 aromatic rings. The maximum Gasteiger partial charge on any atom is 0.122 e. The molecule has 0 saturated heterocycles. The zero-order valence-electron chi connectivity index (χ0n) is 10.9. The van der Waals surface area contributed by atoms with Gasteiger partial charge in [-0.2, -0.15) is 5.26 Å². The number of aryl methyl sites for hydroxylation is 1. The minimum atomic E-state index is -0.219. The van der Waals surface area contributed by atoms with Gasteiger partial charge >= 0.3 is 0 Å². The summed E-state index contributed by atoms with van der Waals surface area (Å²) in [7, 11) is 1.68. The van der Waals surface area contributed by atoms with Crippen LogP contribution in [0.15, 0.2) is 12.1 Å². The van der Waals surface area contributed by atoms with Crippen LogP contribution >= 0.6 is 0 Å². The van der Waals surface area contributed by atoms with Crippen molar-refractivity contribution in [2.75, 3.05) is 7.11 Å². The van der Waals surface area contributed by atoms with E-state index in [0.29, 0.717) is 12.3 Å². The molecule has 17 heavy (non-hydrogen) atoms. The number of methoxy groups -OCH3 is 1. The minimum Gasteiger partial charge on any atom is -0.496 e. The number of benzene rings is 1. The van der Waals surface area contributed by atoms with Gasteiger partial charge in [-0.15, -0.1) is 0 Å². The molecule has 0 aliphatic heterocycles. The Morgan fingerprint density at radius 2 is 2.00 bits per heavy atom. The van der Waals surface area contributed by atoms with E-state index in [9.17, 15) is 0 Å². The summed E-state index contributed by atoms with van der Waals surface area (Å²) in [5.74, 6) is 1.27. The summed E-state index contributed by atoms with van der Waals surface area (Å²) in [6.45, 7) is 6.23. The molecule has 1 atom stereocenters. The first-order valence-corrected chi connectivity index (χ1v) is 5.82. The maximum atomic E-state index is 8.71. The average Bonchev–Trinajstić information content (AvgIpc) is 2.28. The zero-order chi connectivity index (χ0) is 13.0. The quantitative estimate of drug-likeness (QED) is 0.868. The molecule has 0 aliphatic carbocycles. The van der Waals surface area contributed by atoms with Crippen molar-refractivity contribution in [1.29, 1.82) is 5.26 Å². The van der Waals surface area contributed by atoms with Crippen LogP contribution in [0.25, 0.3) is 0 Å². The molecule has 2 N–H and O–H groups in total. The molecular weight excluding hydrogens is 212 g/mol. The lowest BCUT2D eigenvalue weighted by molar-refractivity contribution is 0.407. The van der Waals surface area contributed by atoms with E-state index < -0.39 is 0 Å². The van der Waals surface area contributed by atoms with Gasteiger partial charge in [0.25, 0.3) is 0 Å². The Hall–Kier alpha value is -1.53. The number of nitrogens with zero attached hydrogens (tertiary/aromatic N) is 1. The second-order valence-electron chi connectivity index (χ2n) is 4.57. The van der Waals surface area contributed by atoms with Crippen LogP contribution in [-0.4, -0.2) is 7.11 Å². The molecule has 0 amide bonds. The largest absolute Gasteiger partial charge is 0.496 e. The van der Waals surface area contributed by atoms with Gasteiger partial charge in [0.2, 0.25) is 0 Å². The van der Waals surface area contributed by atoms with Crippen LogP contribution in [0, 0.1) is 18.3 Å². The van der Waals surface area contributed by atoms with E-state index in [-0.39, 0.29) is 6.04 Å². The molecule has 1 aromatic carbocycles. The first-order chi connectivity index (χ1) is 8.01. The molecule has 0 radical (unpaired) electrons. The van der Waals surface area contributed by atoms with Gasteiger partial charge in [-0.1, -0.05) is 13.8 Å². The SMILES string of the molecule is COc1cc(C)c(C(N)CC#N)cc1C(C)C. The Kier molecular flexibility index (Phi) is 4.53. The summed E-state index contributed by atoms with van der Waals surface area (Å²) in [6, 6.07) is 5.97. The Labute approximate surface area is 103 Å². The van der Waals surface area contributed by atoms with Crippen molar-refractivity contribution in [2.45, 2.75) is 39.2 Å². The average molecular weight is 232 g/mol. The van der Waals surface area contributed by atoms with Gasteiger partial charge in [0.15, 0.2) is 0 Å². The highest BCUT2D eigenvalue weighted by molar-refractivity contribution is 5.45. The maximum absolute atomic E-state index is 8.71. The topological polar surface area (TPSA) is 59.0 Å². The van der Waals surface area contributed by atoms with E-state index in [4.69, 9.17) is 15.7 Å². The lowest BCUT2D eigenvalue weighted by Gasteiger charge is -2.18. The van der Waals surface area contributed by atoms with Crippen molar-refractivity contribution in [1.82, 2.24) is 0 Å². The number of nitriles is 1. The van der Waals surface area contributed by atoms with E-state index in [1.807, 2.05) is 13.0 Å². The molecule has 0 fully saturated rings. The highest BCUT2D eigenvalue weighted by atomic mass is 16.5. The number of nitrogens with two attached hydrogens (primary N) is 1. The molecule has 0 aromatic heterocycles. The lowest BCUT2D eigenvalue weighted by atomic mass is 9.92. The lowest BCUT2D eigenvalue weighted by Crippen LogP contribution is -2.12. The third-order valence-corrected chi connectivity index (χ3v) is 2.95. The molecule has 3 heteroatoms. The Morgan fingerprint density at radius 1 is 1.35 bits per heavy atom. The normalized spacial score (nSPS) is 12.3. The van der Waals surface area contributed by atoms with E-state index >= 15 is 0 Å². The molecule has 0 spiro atoms. The molecule has 0 aliphatic rings.